The van der Waals surface area contributed by atoms with E-state index >= 15 is 0 Å². The Kier molecular flexibility index (Phi) is 8.60. The van der Waals surface area contributed by atoms with Crippen LogP contribution in [0.15, 0.2) is 54.7 Å². The number of carbonyl (C=O) groups is 2. The maximum absolute atomic E-state index is 13.3. The molecular formula is C37H46N6O3. The summed E-state index contributed by atoms with van der Waals surface area (Å²) < 4.78 is 5.91. The van der Waals surface area contributed by atoms with Crippen LogP contribution in [0.25, 0.3) is 0 Å². The highest BCUT2D eigenvalue weighted by Gasteiger charge is 2.42. The number of benzene rings is 2. The quantitative estimate of drug-likeness (QED) is 0.388. The van der Waals surface area contributed by atoms with Crippen LogP contribution in [0.5, 0.6) is 5.75 Å². The Hall–Kier alpha value is -4.11. The standard InChI is InChI=1S/C37H46N6O3/c1-24-33(14-8-27-5-4-20-46-35(24)27)37(45)40-29-21-31-12-13-32(22-29)43(31)34-15-9-28(23-38-34)36(44)39-25(2)26-6-10-30(11-7-26)42-18-16-41(3)17-19-42/h6-11,14-15,23,25,29,31-32H,4-5,12-13,16-22H2,1-3H3,(H,39,44)(H,40,45)/t25?,29?,31-,32?/m0/s1. The minimum absolute atomic E-state index is 0.0129. The highest BCUT2D eigenvalue weighted by atomic mass is 16.5. The average molecular weight is 623 g/mol. The van der Waals surface area contributed by atoms with Crippen molar-refractivity contribution in [1.82, 2.24) is 20.5 Å². The fraction of sp³-hybridized carbons (Fsp3) is 0.486. The fourth-order valence-corrected chi connectivity index (χ4v) is 7.84. The molecule has 0 radical (unpaired) electrons. The second kappa shape index (κ2) is 12.9. The molecule has 4 aliphatic heterocycles. The number of rotatable bonds is 7. The molecule has 9 heteroatoms. The van der Waals surface area contributed by atoms with Gasteiger partial charge in [-0.3, -0.25) is 9.59 Å². The van der Waals surface area contributed by atoms with Crippen molar-refractivity contribution in [2.75, 3.05) is 49.6 Å². The van der Waals surface area contributed by atoms with Crippen molar-refractivity contribution in [2.24, 2.45) is 0 Å². The smallest absolute Gasteiger partial charge is 0.253 e. The molecule has 4 atom stereocenters. The SMILES string of the molecule is Cc1c(C(=O)NC2CC3CC[C@@H](C2)N3c2ccc(C(=O)NC(C)c3ccc(N4CCN(C)CC4)cc3)cn2)ccc2c1OCCC2. The van der Waals surface area contributed by atoms with Gasteiger partial charge in [0.2, 0.25) is 0 Å². The summed E-state index contributed by atoms with van der Waals surface area (Å²) in [7, 11) is 2.16. The second-order valence-corrected chi connectivity index (χ2v) is 13.6. The lowest BCUT2D eigenvalue weighted by Crippen LogP contribution is -2.50. The van der Waals surface area contributed by atoms with Gasteiger partial charge in [0.25, 0.3) is 11.8 Å². The van der Waals surface area contributed by atoms with Gasteiger partial charge in [-0.15, -0.1) is 0 Å². The Bertz CT molecular complexity index is 1550. The van der Waals surface area contributed by atoms with Crippen LogP contribution < -0.4 is 25.2 Å². The normalized spacial score (nSPS) is 23.3. The van der Waals surface area contributed by atoms with Crippen molar-refractivity contribution < 1.29 is 14.3 Å². The predicted octanol–water partition coefficient (Wildman–Crippen LogP) is 4.89. The van der Waals surface area contributed by atoms with Crippen LogP contribution in [0.4, 0.5) is 11.5 Å². The number of aromatic nitrogens is 1. The first kappa shape index (κ1) is 30.5. The summed E-state index contributed by atoms with van der Waals surface area (Å²) in [6.45, 7) is 8.95. The average Bonchev–Trinajstić information content (AvgIpc) is 3.35. The first-order valence-corrected chi connectivity index (χ1v) is 17.0. The van der Waals surface area contributed by atoms with E-state index in [0.29, 0.717) is 29.8 Å². The number of hydrogen-bond acceptors (Lipinski definition) is 7. The van der Waals surface area contributed by atoms with Crippen LogP contribution in [0.1, 0.15) is 82.5 Å². The van der Waals surface area contributed by atoms with Crippen molar-refractivity contribution in [3.8, 4) is 5.75 Å². The summed E-state index contributed by atoms with van der Waals surface area (Å²) in [6, 6.07) is 17.1. The molecule has 0 spiro atoms. The molecule has 2 bridgehead atoms. The van der Waals surface area contributed by atoms with E-state index < -0.39 is 0 Å². The number of ether oxygens (including phenoxy) is 1. The molecule has 46 heavy (non-hydrogen) atoms. The van der Waals surface area contributed by atoms with Gasteiger partial charge in [0.05, 0.1) is 18.2 Å². The lowest BCUT2D eigenvalue weighted by molar-refractivity contribution is 0.0922. The largest absolute Gasteiger partial charge is 0.493 e. The van der Waals surface area contributed by atoms with E-state index in [1.807, 2.05) is 38.1 Å². The highest BCUT2D eigenvalue weighted by Crippen LogP contribution is 2.39. The fourth-order valence-electron chi connectivity index (χ4n) is 7.84. The molecule has 3 aromatic rings. The van der Waals surface area contributed by atoms with E-state index in [-0.39, 0.29) is 23.9 Å². The number of carbonyl (C=O) groups excluding carboxylic acids is 2. The summed E-state index contributed by atoms with van der Waals surface area (Å²) in [5, 5.41) is 6.48. The van der Waals surface area contributed by atoms with Crippen LogP contribution in [0, 0.1) is 6.92 Å². The monoisotopic (exact) mass is 622 g/mol. The van der Waals surface area contributed by atoms with Gasteiger partial charge < -0.3 is 30.1 Å². The number of piperidine rings is 1. The number of nitrogens with zero attached hydrogens (tertiary/aromatic N) is 4. The molecule has 5 heterocycles. The third-order valence-electron chi connectivity index (χ3n) is 10.5. The molecule has 0 saturated carbocycles. The molecule has 2 aromatic carbocycles. The number of aryl methyl sites for hydroxylation is 1. The molecule has 0 aliphatic carbocycles. The van der Waals surface area contributed by atoms with Gasteiger partial charge in [0.15, 0.2) is 0 Å². The molecule has 7 rings (SSSR count). The number of likely N-dealkylation sites (N-methyl/N-ethyl adjacent to an activating group) is 1. The van der Waals surface area contributed by atoms with Crippen LogP contribution in [-0.4, -0.2) is 79.7 Å². The Morgan fingerprint density at radius 3 is 2.37 bits per heavy atom. The summed E-state index contributed by atoms with van der Waals surface area (Å²) in [6.07, 6.45) is 7.66. The van der Waals surface area contributed by atoms with Gasteiger partial charge in [-0.1, -0.05) is 18.2 Å². The third kappa shape index (κ3) is 6.17. The van der Waals surface area contributed by atoms with Crippen LogP contribution in [-0.2, 0) is 6.42 Å². The zero-order valence-electron chi connectivity index (χ0n) is 27.3. The number of pyridine rings is 1. The molecule has 9 nitrogen and oxygen atoms in total. The number of piperazine rings is 1. The maximum atomic E-state index is 13.3. The van der Waals surface area contributed by atoms with E-state index in [2.05, 4.69) is 56.6 Å². The molecule has 242 valence electrons. The summed E-state index contributed by atoms with van der Waals surface area (Å²) >= 11 is 0. The van der Waals surface area contributed by atoms with Gasteiger partial charge in [0.1, 0.15) is 11.6 Å². The molecule has 2 amide bonds. The van der Waals surface area contributed by atoms with Crippen LogP contribution in [0.3, 0.4) is 0 Å². The molecule has 3 fully saturated rings. The molecule has 2 N–H and O–H groups in total. The van der Waals surface area contributed by atoms with Gasteiger partial charge >= 0.3 is 0 Å². The van der Waals surface area contributed by atoms with E-state index in [4.69, 9.17) is 9.72 Å². The maximum Gasteiger partial charge on any atom is 0.253 e. The van der Waals surface area contributed by atoms with Crippen LogP contribution in [0.2, 0.25) is 0 Å². The number of fused-ring (bicyclic) bond motifs is 3. The van der Waals surface area contributed by atoms with Crippen molar-refractivity contribution in [1.29, 1.82) is 0 Å². The van der Waals surface area contributed by atoms with Gasteiger partial charge in [-0.2, -0.15) is 0 Å². The van der Waals surface area contributed by atoms with Crippen molar-refractivity contribution >= 4 is 23.3 Å². The van der Waals surface area contributed by atoms with Crippen molar-refractivity contribution in [3.63, 3.8) is 0 Å². The van der Waals surface area contributed by atoms with Gasteiger partial charge in [-0.05, 0) is 101 Å². The van der Waals surface area contributed by atoms with E-state index in [0.717, 1.165) is 87.4 Å². The van der Waals surface area contributed by atoms with E-state index in [1.54, 1.807) is 6.20 Å². The third-order valence-corrected chi connectivity index (χ3v) is 10.5. The minimum Gasteiger partial charge on any atom is -0.493 e. The predicted molar refractivity (Wildman–Crippen MR) is 181 cm³/mol. The number of nitrogens with one attached hydrogen (secondary N) is 2. The molecule has 3 unspecified atom stereocenters. The molecular weight excluding hydrogens is 576 g/mol. The zero-order valence-corrected chi connectivity index (χ0v) is 27.3. The van der Waals surface area contributed by atoms with Crippen LogP contribution >= 0.6 is 0 Å². The first-order chi connectivity index (χ1) is 22.3. The number of anilines is 2. The summed E-state index contributed by atoms with van der Waals surface area (Å²) in [5.74, 6) is 1.66. The zero-order chi connectivity index (χ0) is 31.8. The van der Waals surface area contributed by atoms with Crippen molar-refractivity contribution in [2.45, 2.75) is 76.5 Å². The highest BCUT2D eigenvalue weighted by molar-refractivity contribution is 5.97. The van der Waals surface area contributed by atoms with E-state index in [9.17, 15) is 9.59 Å². The Morgan fingerprint density at radius 2 is 1.67 bits per heavy atom. The second-order valence-electron chi connectivity index (χ2n) is 13.6. The minimum atomic E-state index is -0.123. The van der Waals surface area contributed by atoms with Gasteiger partial charge in [-0.25, -0.2) is 4.98 Å². The topological polar surface area (TPSA) is 90.0 Å². The Labute approximate surface area is 272 Å². The first-order valence-electron chi connectivity index (χ1n) is 17.0. The molecule has 4 aliphatic rings. The van der Waals surface area contributed by atoms with E-state index in [1.165, 1.54) is 11.3 Å². The molecule has 3 saturated heterocycles. The summed E-state index contributed by atoms with van der Waals surface area (Å²) in [5.41, 5.74) is 5.72. The Morgan fingerprint density at radius 1 is 0.935 bits per heavy atom. The lowest BCUT2D eigenvalue weighted by atomic mass is 9.95. The number of amides is 2. The van der Waals surface area contributed by atoms with Gasteiger partial charge in [0, 0.05) is 67.3 Å². The number of hydrogen-bond donors (Lipinski definition) is 2. The van der Waals surface area contributed by atoms with Crippen molar-refractivity contribution in [3.05, 3.63) is 82.5 Å². The Balaban J connectivity index is 0.939. The molecule has 1 aromatic heterocycles. The lowest BCUT2D eigenvalue weighted by Gasteiger charge is -2.40. The summed E-state index contributed by atoms with van der Waals surface area (Å²) in [4.78, 5) is 38.4.